The van der Waals surface area contributed by atoms with Gasteiger partial charge in [0.15, 0.2) is 0 Å². The smallest absolute Gasteiger partial charge is 0.240 e. The highest BCUT2D eigenvalue weighted by Gasteiger charge is 2.36. The summed E-state index contributed by atoms with van der Waals surface area (Å²) in [6.07, 6.45) is 0. The molecule has 92 valence electrons. The van der Waals surface area contributed by atoms with Gasteiger partial charge in [-0.1, -0.05) is 41.1 Å². The molecule has 0 N–H and O–H groups in total. The van der Waals surface area contributed by atoms with Gasteiger partial charge < -0.3 is 0 Å². The van der Waals surface area contributed by atoms with Gasteiger partial charge in [-0.15, -0.1) is 22.0 Å². The Morgan fingerprint density at radius 1 is 1.39 bits per heavy atom. The van der Waals surface area contributed by atoms with Crippen LogP contribution in [0.15, 0.2) is 29.8 Å². The van der Waals surface area contributed by atoms with Crippen LogP contribution in [0.1, 0.15) is 10.9 Å². The van der Waals surface area contributed by atoms with Crippen molar-refractivity contribution < 1.29 is 4.79 Å². The third-order valence-corrected chi connectivity index (χ3v) is 4.82. The minimum atomic E-state index is -0.112. The molecule has 0 aliphatic carbocycles. The second-order valence-electron chi connectivity index (χ2n) is 3.67. The molecule has 7 heteroatoms. The Hall–Kier alpha value is -1.11. The Bertz CT molecular complexity index is 575. The molecule has 0 bridgehead atoms. The first-order valence-corrected chi connectivity index (χ1v) is 7.52. The third-order valence-electron chi connectivity index (χ3n) is 2.59. The average Bonchev–Trinajstić information content (AvgIpc) is 2.98. The molecule has 1 atom stereocenters. The minimum absolute atomic E-state index is 0.0432. The lowest BCUT2D eigenvalue weighted by atomic mass is 10.2. The summed E-state index contributed by atoms with van der Waals surface area (Å²) in [5.74, 6) is 0.483. The van der Waals surface area contributed by atoms with Gasteiger partial charge in [0.1, 0.15) is 10.9 Å². The predicted molar refractivity (Wildman–Crippen MR) is 74.0 cm³/mol. The van der Waals surface area contributed by atoms with Crippen LogP contribution < -0.4 is 4.90 Å². The van der Waals surface area contributed by atoms with Crippen molar-refractivity contribution in [1.29, 1.82) is 0 Å². The molecule has 1 amide bonds. The Balaban J connectivity index is 2.02. The van der Waals surface area contributed by atoms with Crippen molar-refractivity contribution in [1.82, 2.24) is 10.2 Å². The van der Waals surface area contributed by atoms with Gasteiger partial charge >= 0.3 is 0 Å². The maximum atomic E-state index is 12.0. The molecule has 2 aromatic rings. The summed E-state index contributed by atoms with van der Waals surface area (Å²) in [5.41, 5.74) is 2.56. The number of carbonyl (C=O) groups excluding carboxylic acids is 1. The first-order chi connectivity index (χ1) is 8.77. The molecule has 0 saturated carbocycles. The van der Waals surface area contributed by atoms with Crippen LogP contribution in [0.5, 0.6) is 0 Å². The van der Waals surface area contributed by atoms with Crippen molar-refractivity contribution in [2.45, 2.75) is 5.37 Å². The molecular weight excluding hydrogens is 290 g/mol. The molecule has 18 heavy (non-hydrogen) atoms. The van der Waals surface area contributed by atoms with Crippen LogP contribution in [0.3, 0.4) is 0 Å². The number of thioether (sulfide) groups is 1. The topological polar surface area (TPSA) is 46.1 Å². The summed E-state index contributed by atoms with van der Waals surface area (Å²) in [5, 5.41) is 8.93. The van der Waals surface area contributed by atoms with Crippen LogP contribution in [0.4, 0.5) is 5.13 Å². The van der Waals surface area contributed by atoms with E-state index < -0.39 is 0 Å². The molecule has 0 unspecified atom stereocenters. The number of anilines is 1. The molecular formula is C11H8ClN3OS2. The highest BCUT2D eigenvalue weighted by molar-refractivity contribution is 8.00. The highest BCUT2D eigenvalue weighted by atomic mass is 35.5. The van der Waals surface area contributed by atoms with Crippen LogP contribution in [-0.4, -0.2) is 21.9 Å². The normalized spacial score (nSPS) is 19.5. The van der Waals surface area contributed by atoms with Gasteiger partial charge in [-0.25, -0.2) is 0 Å². The van der Waals surface area contributed by atoms with E-state index in [-0.39, 0.29) is 11.3 Å². The van der Waals surface area contributed by atoms with Crippen molar-refractivity contribution >= 4 is 45.7 Å². The van der Waals surface area contributed by atoms with Gasteiger partial charge in [0.05, 0.1) is 5.75 Å². The number of carbonyl (C=O) groups is 1. The van der Waals surface area contributed by atoms with Gasteiger partial charge in [-0.2, -0.15) is 0 Å². The number of amides is 1. The van der Waals surface area contributed by atoms with E-state index in [1.54, 1.807) is 22.2 Å². The Labute approximate surface area is 117 Å². The second-order valence-corrected chi connectivity index (χ2v) is 5.96. The molecule has 4 nitrogen and oxygen atoms in total. The second kappa shape index (κ2) is 4.87. The number of rotatable bonds is 2. The first-order valence-electron chi connectivity index (χ1n) is 5.21. The summed E-state index contributed by atoms with van der Waals surface area (Å²) in [7, 11) is 0. The van der Waals surface area contributed by atoms with Gasteiger partial charge in [-0.3, -0.25) is 9.69 Å². The Morgan fingerprint density at radius 2 is 2.22 bits per heavy atom. The zero-order valence-corrected chi connectivity index (χ0v) is 11.5. The van der Waals surface area contributed by atoms with Crippen molar-refractivity contribution in [3.8, 4) is 0 Å². The minimum Gasteiger partial charge on any atom is -0.273 e. The monoisotopic (exact) mass is 297 g/mol. The maximum Gasteiger partial charge on any atom is 0.240 e. The van der Waals surface area contributed by atoms with Crippen LogP contribution >= 0.6 is 34.7 Å². The molecule has 0 spiro atoms. The van der Waals surface area contributed by atoms with E-state index >= 15 is 0 Å². The number of hydrogen-bond acceptors (Lipinski definition) is 5. The van der Waals surface area contributed by atoms with Crippen molar-refractivity contribution in [2.24, 2.45) is 0 Å². The molecule has 1 saturated heterocycles. The zero-order valence-electron chi connectivity index (χ0n) is 9.12. The predicted octanol–water partition coefficient (Wildman–Crippen LogP) is 2.97. The average molecular weight is 298 g/mol. The summed E-state index contributed by atoms with van der Waals surface area (Å²) in [6, 6.07) is 7.57. The maximum absolute atomic E-state index is 12.0. The van der Waals surface area contributed by atoms with Crippen molar-refractivity contribution in [3.63, 3.8) is 0 Å². The third kappa shape index (κ3) is 2.00. The Kier molecular flexibility index (Phi) is 3.23. The van der Waals surface area contributed by atoms with Gasteiger partial charge in [-0.05, 0) is 6.07 Å². The van der Waals surface area contributed by atoms with Gasteiger partial charge in [0.2, 0.25) is 11.0 Å². The van der Waals surface area contributed by atoms with E-state index in [0.29, 0.717) is 15.9 Å². The number of aromatic nitrogens is 2. The molecule has 2 heterocycles. The first kappa shape index (κ1) is 12.0. The lowest BCUT2D eigenvalue weighted by Gasteiger charge is -2.21. The lowest BCUT2D eigenvalue weighted by Crippen LogP contribution is -2.27. The number of benzene rings is 1. The van der Waals surface area contributed by atoms with E-state index in [2.05, 4.69) is 10.2 Å². The van der Waals surface area contributed by atoms with E-state index in [9.17, 15) is 4.79 Å². The van der Waals surface area contributed by atoms with Crippen molar-refractivity contribution in [2.75, 3.05) is 10.7 Å². The zero-order chi connectivity index (χ0) is 12.5. The SMILES string of the molecule is O=C1CS[C@H](c2ccccc2Cl)N1c1nncs1. The van der Waals surface area contributed by atoms with Gasteiger partial charge in [0, 0.05) is 10.6 Å². The van der Waals surface area contributed by atoms with E-state index in [0.717, 1.165) is 5.56 Å². The fourth-order valence-corrected chi connectivity index (χ4v) is 3.97. The summed E-state index contributed by atoms with van der Waals surface area (Å²) < 4.78 is 0. The van der Waals surface area contributed by atoms with E-state index in [4.69, 9.17) is 11.6 Å². The summed E-state index contributed by atoms with van der Waals surface area (Å²) in [6.45, 7) is 0. The lowest BCUT2D eigenvalue weighted by molar-refractivity contribution is -0.115. The van der Waals surface area contributed by atoms with Crippen LogP contribution in [0.25, 0.3) is 0 Å². The van der Waals surface area contributed by atoms with Crippen molar-refractivity contribution in [3.05, 3.63) is 40.4 Å². The van der Waals surface area contributed by atoms with Gasteiger partial charge in [0.25, 0.3) is 0 Å². The molecule has 1 fully saturated rings. The van der Waals surface area contributed by atoms with Crippen LogP contribution in [-0.2, 0) is 4.79 Å². The largest absolute Gasteiger partial charge is 0.273 e. The summed E-state index contributed by atoms with van der Waals surface area (Å²) in [4.78, 5) is 13.6. The summed E-state index contributed by atoms with van der Waals surface area (Å²) >= 11 is 9.10. The molecule has 1 aliphatic rings. The number of nitrogens with zero attached hydrogens (tertiary/aromatic N) is 3. The molecule has 1 aromatic carbocycles. The number of halogens is 1. The standard InChI is InChI=1S/C11H8ClN3OS2/c12-8-4-2-1-3-7(8)10-15(9(16)5-17-10)11-14-13-6-18-11/h1-4,6,10H,5H2/t10-/m1/s1. The van der Waals surface area contributed by atoms with E-state index in [1.165, 1.54) is 11.3 Å². The highest BCUT2D eigenvalue weighted by Crippen LogP contribution is 2.44. The van der Waals surface area contributed by atoms with E-state index in [1.807, 2.05) is 24.3 Å². The van der Waals surface area contributed by atoms with Crippen LogP contribution in [0, 0.1) is 0 Å². The number of hydrogen-bond donors (Lipinski definition) is 0. The quantitative estimate of drug-likeness (QED) is 0.855. The van der Waals surface area contributed by atoms with Crippen LogP contribution in [0.2, 0.25) is 5.02 Å². The molecule has 3 rings (SSSR count). The molecule has 1 aromatic heterocycles. The fourth-order valence-electron chi connectivity index (χ4n) is 1.81. The Morgan fingerprint density at radius 3 is 2.94 bits per heavy atom. The molecule has 0 radical (unpaired) electrons. The molecule has 1 aliphatic heterocycles. The fraction of sp³-hybridized carbons (Fsp3) is 0.182.